The fourth-order valence-corrected chi connectivity index (χ4v) is 1.88. The van der Waals surface area contributed by atoms with Crippen molar-refractivity contribution in [2.24, 2.45) is 0 Å². The van der Waals surface area contributed by atoms with Gasteiger partial charge in [0.2, 0.25) is 0 Å². The van der Waals surface area contributed by atoms with E-state index >= 15 is 0 Å². The summed E-state index contributed by atoms with van der Waals surface area (Å²) >= 11 is 2.28. The van der Waals surface area contributed by atoms with Crippen LogP contribution in [0.3, 0.4) is 0 Å². The SMILES string of the molecule is Cc1nc(NCc2c(C)noc2C)ccc1I. The van der Waals surface area contributed by atoms with Crippen molar-refractivity contribution in [1.29, 1.82) is 0 Å². The standard InChI is InChI=1S/C12H14IN3O/c1-7-10(9(3)17-16-7)6-14-12-5-4-11(13)8(2)15-12/h4-5H,6H2,1-3H3,(H,14,15). The van der Waals surface area contributed by atoms with Crippen LogP contribution in [0.4, 0.5) is 5.82 Å². The molecule has 2 rings (SSSR count). The van der Waals surface area contributed by atoms with E-state index in [2.05, 4.69) is 44.1 Å². The third kappa shape index (κ3) is 2.77. The van der Waals surface area contributed by atoms with Gasteiger partial charge >= 0.3 is 0 Å². The average molecular weight is 343 g/mol. The Morgan fingerprint density at radius 1 is 1.24 bits per heavy atom. The second-order valence-electron chi connectivity index (χ2n) is 3.92. The summed E-state index contributed by atoms with van der Waals surface area (Å²) in [7, 11) is 0. The molecule has 0 saturated carbocycles. The largest absolute Gasteiger partial charge is 0.366 e. The summed E-state index contributed by atoms with van der Waals surface area (Å²) in [5.41, 5.74) is 3.06. The maximum atomic E-state index is 5.11. The minimum Gasteiger partial charge on any atom is -0.366 e. The fraction of sp³-hybridized carbons (Fsp3) is 0.333. The van der Waals surface area contributed by atoms with Crippen LogP contribution in [0.2, 0.25) is 0 Å². The smallest absolute Gasteiger partial charge is 0.138 e. The van der Waals surface area contributed by atoms with E-state index in [4.69, 9.17) is 4.52 Å². The number of rotatable bonds is 3. The average Bonchev–Trinajstić information content (AvgIpc) is 2.61. The van der Waals surface area contributed by atoms with E-state index in [1.165, 1.54) is 3.57 Å². The number of halogens is 1. The van der Waals surface area contributed by atoms with Crippen LogP contribution in [0, 0.1) is 24.3 Å². The molecular formula is C12H14IN3O. The van der Waals surface area contributed by atoms with Gasteiger partial charge in [0.1, 0.15) is 11.6 Å². The van der Waals surface area contributed by atoms with Gasteiger partial charge in [0, 0.05) is 15.7 Å². The first-order chi connectivity index (χ1) is 8.08. The van der Waals surface area contributed by atoms with Crippen LogP contribution in [0.5, 0.6) is 0 Å². The van der Waals surface area contributed by atoms with Gasteiger partial charge in [-0.3, -0.25) is 0 Å². The first-order valence-electron chi connectivity index (χ1n) is 5.36. The highest BCUT2D eigenvalue weighted by molar-refractivity contribution is 14.1. The maximum Gasteiger partial charge on any atom is 0.138 e. The number of pyridine rings is 1. The van der Waals surface area contributed by atoms with Crippen molar-refractivity contribution in [2.75, 3.05) is 5.32 Å². The molecule has 2 heterocycles. The molecule has 0 aliphatic heterocycles. The molecule has 4 nitrogen and oxygen atoms in total. The van der Waals surface area contributed by atoms with Gasteiger partial charge < -0.3 is 9.84 Å². The summed E-state index contributed by atoms with van der Waals surface area (Å²) in [6.07, 6.45) is 0. The van der Waals surface area contributed by atoms with Gasteiger partial charge in [-0.2, -0.15) is 0 Å². The molecule has 0 unspecified atom stereocenters. The van der Waals surface area contributed by atoms with E-state index < -0.39 is 0 Å². The number of aromatic nitrogens is 2. The number of nitrogens with zero attached hydrogens (tertiary/aromatic N) is 2. The summed E-state index contributed by atoms with van der Waals surface area (Å²) < 4.78 is 6.29. The number of hydrogen-bond donors (Lipinski definition) is 1. The highest BCUT2D eigenvalue weighted by Crippen LogP contribution is 2.16. The molecular weight excluding hydrogens is 329 g/mol. The molecule has 0 spiro atoms. The summed E-state index contributed by atoms with van der Waals surface area (Å²) in [4.78, 5) is 4.46. The minimum atomic E-state index is 0.689. The Morgan fingerprint density at radius 3 is 2.59 bits per heavy atom. The molecule has 0 saturated heterocycles. The summed E-state index contributed by atoms with van der Waals surface area (Å²) in [6, 6.07) is 4.03. The first kappa shape index (κ1) is 12.3. The monoisotopic (exact) mass is 343 g/mol. The quantitative estimate of drug-likeness (QED) is 0.870. The third-order valence-electron chi connectivity index (χ3n) is 2.65. The van der Waals surface area contributed by atoms with Crippen molar-refractivity contribution in [2.45, 2.75) is 27.3 Å². The van der Waals surface area contributed by atoms with E-state index in [1.807, 2.05) is 26.8 Å². The zero-order chi connectivity index (χ0) is 12.4. The Balaban J connectivity index is 2.10. The molecule has 0 bridgehead atoms. The van der Waals surface area contributed by atoms with Gasteiger partial charge in [0.15, 0.2) is 0 Å². The lowest BCUT2D eigenvalue weighted by atomic mass is 10.2. The van der Waals surface area contributed by atoms with Crippen LogP contribution >= 0.6 is 22.6 Å². The second-order valence-corrected chi connectivity index (χ2v) is 5.08. The van der Waals surface area contributed by atoms with Crippen molar-refractivity contribution < 1.29 is 4.52 Å². The molecule has 2 aromatic heterocycles. The van der Waals surface area contributed by atoms with Gasteiger partial charge in [0.25, 0.3) is 0 Å². The van der Waals surface area contributed by atoms with Crippen molar-refractivity contribution in [3.05, 3.63) is 38.4 Å². The molecule has 0 aliphatic rings. The third-order valence-corrected chi connectivity index (χ3v) is 3.79. The lowest BCUT2D eigenvalue weighted by Crippen LogP contribution is -2.04. The number of anilines is 1. The molecule has 2 aromatic rings. The van der Waals surface area contributed by atoms with Gasteiger partial charge in [-0.05, 0) is 55.5 Å². The van der Waals surface area contributed by atoms with E-state index in [-0.39, 0.29) is 0 Å². The maximum absolute atomic E-state index is 5.11. The van der Waals surface area contributed by atoms with Crippen LogP contribution in [-0.2, 0) is 6.54 Å². The summed E-state index contributed by atoms with van der Waals surface area (Å²) in [6.45, 7) is 6.56. The summed E-state index contributed by atoms with van der Waals surface area (Å²) in [5, 5.41) is 7.21. The first-order valence-corrected chi connectivity index (χ1v) is 6.44. The number of aryl methyl sites for hydroxylation is 3. The fourth-order valence-electron chi connectivity index (χ4n) is 1.58. The Labute approximate surface area is 114 Å². The van der Waals surface area contributed by atoms with Gasteiger partial charge in [-0.1, -0.05) is 5.16 Å². The van der Waals surface area contributed by atoms with Crippen molar-refractivity contribution in [3.8, 4) is 0 Å². The summed E-state index contributed by atoms with van der Waals surface area (Å²) in [5.74, 6) is 1.74. The normalized spacial score (nSPS) is 10.6. The predicted octanol–water partition coefficient (Wildman–Crippen LogP) is 3.21. The van der Waals surface area contributed by atoms with E-state index in [0.717, 1.165) is 28.5 Å². The van der Waals surface area contributed by atoms with Crippen LogP contribution < -0.4 is 5.32 Å². The topological polar surface area (TPSA) is 51.0 Å². The molecule has 90 valence electrons. The molecule has 0 atom stereocenters. The highest BCUT2D eigenvalue weighted by Gasteiger charge is 2.08. The molecule has 0 aliphatic carbocycles. The van der Waals surface area contributed by atoms with Gasteiger partial charge in [-0.15, -0.1) is 0 Å². The lowest BCUT2D eigenvalue weighted by Gasteiger charge is -2.06. The highest BCUT2D eigenvalue weighted by atomic mass is 127. The number of hydrogen-bond acceptors (Lipinski definition) is 4. The molecule has 0 radical (unpaired) electrons. The van der Waals surface area contributed by atoms with Crippen LogP contribution in [0.25, 0.3) is 0 Å². The molecule has 5 heteroatoms. The zero-order valence-corrected chi connectivity index (χ0v) is 12.2. The Hall–Kier alpha value is -1.11. The molecule has 0 fully saturated rings. The van der Waals surface area contributed by atoms with E-state index in [1.54, 1.807) is 0 Å². The Bertz CT molecular complexity index is 517. The van der Waals surface area contributed by atoms with E-state index in [9.17, 15) is 0 Å². The van der Waals surface area contributed by atoms with Crippen molar-refractivity contribution in [3.63, 3.8) is 0 Å². The molecule has 1 N–H and O–H groups in total. The van der Waals surface area contributed by atoms with Crippen LogP contribution in [0.15, 0.2) is 16.7 Å². The molecule has 17 heavy (non-hydrogen) atoms. The Morgan fingerprint density at radius 2 is 2.00 bits per heavy atom. The van der Waals surface area contributed by atoms with Crippen LogP contribution in [0.1, 0.15) is 22.7 Å². The number of nitrogens with one attached hydrogen (secondary N) is 1. The van der Waals surface area contributed by atoms with Crippen molar-refractivity contribution in [1.82, 2.24) is 10.1 Å². The Kier molecular flexibility index (Phi) is 3.66. The van der Waals surface area contributed by atoms with Gasteiger partial charge in [0.05, 0.1) is 11.4 Å². The van der Waals surface area contributed by atoms with Crippen molar-refractivity contribution >= 4 is 28.4 Å². The zero-order valence-electron chi connectivity index (χ0n) is 10.0. The van der Waals surface area contributed by atoms with Gasteiger partial charge in [-0.25, -0.2) is 4.98 Å². The van der Waals surface area contributed by atoms with E-state index in [0.29, 0.717) is 6.54 Å². The minimum absolute atomic E-state index is 0.689. The molecule has 0 aromatic carbocycles. The molecule has 0 amide bonds. The predicted molar refractivity (Wildman–Crippen MR) is 75.0 cm³/mol. The lowest BCUT2D eigenvalue weighted by molar-refractivity contribution is 0.392. The van der Waals surface area contributed by atoms with Crippen LogP contribution in [-0.4, -0.2) is 10.1 Å². The second kappa shape index (κ2) is 5.03.